The van der Waals surface area contributed by atoms with Gasteiger partial charge >= 0.3 is 5.97 Å². The molecule has 2 aromatic rings. The van der Waals surface area contributed by atoms with E-state index in [1.165, 1.54) is 11.3 Å². The number of carbonyl (C=O) groups is 1. The van der Waals surface area contributed by atoms with Crippen LogP contribution < -0.4 is 0 Å². The maximum atomic E-state index is 11.8. The molecular weight excluding hydrogens is 260 g/mol. The van der Waals surface area contributed by atoms with Crippen LogP contribution in [0.1, 0.15) is 10.4 Å². The standard InChI is InChI=1S/C15H10O3S/c16-12-5-2-1-4-10(12)8-11-9-13(18-15(11)17)14-6-3-7-19-14/h1-9,16H/b11-8+. The van der Waals surface area contributed by atoms with E-state index < -0.39 is 5.97 Å². The molecule has 1 aliphatic heterocycles. The fraction of sp³-hybridized carbons (Fsp3) is 0. The van der Waals surface area contributed by atoms with Gasteiger partial charge in [-0.1, -0.05) is 24.3 Å². The lowest BCUT2D eigenvalue weighted by Gasteiger charge is -1.98. The molecule has 0 fully saturated rings. The number of ether oxygens (including phenoxy) is 1. The molecule has 0 aliphatic carbocycles. The number of hydrogen-bond donors (Lipinski definition) is 1. The fourth-order valence-electron chi connectivity index (χ4n) is 1.81. The second-order valence-electron chi connectivity index (χ2n) is 4.03. The zero-order valence-corrected chi connectivity index (χ0v) is 10.7. The lowest BCUT2D eigenvalue weighted by Crippen LogP contribution is -1.96. The van der Waals surface area contributed by atoms with Crippen LogP contribution in [0.15, 0.2) is 53.4 Å². The van der Waals surface area contributed by atoms with Crippen molar-refractivity contribution in [2.75, 3.05) is 0 Å². The van der Waals surface area contributed by atoms with Crippen LogP contribution in [-0.4, -0.2) is 11.1 Å². The summed E-state index contributed by atoms with van der Waals surface area (Å²) in [5.74, 6) is 0.300. The molecule has 0 radical (unpaired) electrons. The average Bonchev–Trinajstić information content (AvgIpc) is 3.02. The van der Waals surface area contributed by atoms with Crippen LogP contribution in [-0.2, 0) is 9.53 Å². The molecule has 1 aromatic heterocycles. The average molecular weight is 270 g/mol. The molecular formula is C15H10O3S. The summed E-state index contributed by atoms with van der Waals surface area (Å²) in [4.78, 5) is 12.7. The fourth-order valence-corrected chi connectivity index (χ4v) is 2.48. The van der Waals surface area contributed by atoms with Gasteiger partial charge in [0.25, 0.3) is 0 Å². The topological polar surface area (TPSA) is 46.5 Å². The Bertz CT molecular complexity index is 681. The van der Waals surface area contributed by atoms with Crippen LogP contribution in [0.5, 0.6) is 5.75 Å². The van der Waals surface area contributed by atoms with E-state index in [9.17, 15) is 9.90 Å². The minimum Gasteiger partial charge on any atom is -0.507 e. The van der Waals surface area contributed by atoms with Gasteiger partial charge in [-0.2, -0.15) is 0 Å². The molecule has 0 amide bonds. The largest absolute Gasteiger partial charge is 0.507 e. The first-order chi connectivity index (χ1) is 9.24. The molecule has 0 saturated heterocycles. The predicted octanol–water partition coefficient (Wildman–Crippen LogP) is 3.44. The molecule has 3 rings (SSSR count). The Morgan fingerprint density at radius 2 is 2.00 bits per heavy atom. The van der Waals surface area contributed by atoms with E-state index in [0.717, 1.165) is 4.88 Å². The van der Waals surface area contributed by atoms with Gasteiger partial charge in [0.15, 0.2) is 0 Å². The summed E-state index contributed by atoms with van der Waals surface area (Å²) in [6, 6.07) is 10.7. The number of benzene rings is 1. The third kappa shape index (κ3) is 2.30. The van der Waals surface area contributed by atoms with Crippen molar-refractivity contribution in [3.8, 4) is 5.75 Å². The van der Waals surface area contributed by atoms with Crippen molar-refractivity contribution in [1.29, 1.82) is 0 Å². The molecule has 2 heterocycles. The number of rotatable bonds is 2. The summed E-state index contributed by atoms with van der Waals surface area (Å²) in [6.07, 6.45) is 3.32. The van der Waals surface area contributed by atoms with Gasteiger partial charge in [-0.3, -0.25) is 0 Å². The van der Waals surface area contributed by atoms with Gasteiger partial charge < -0.3 is 9.84 Å². The number of carbonyl (C=O) groups excluding carboxylic acids is 1. The molecule has 0 unspecified atom stereocenters. The molecule has 4 heteroatoms. The number of cyclic esters (lactones) is 1. The lowest BCUT2D eigenvalue weighted by molar-refractivity contribution is -0.130. The predicted molar refractivity (Wildman–Crippen MR) is 74.5 cm³/mol. The normalized spacial score (nSPS) is 16.5. The van der Waals surface area contributed by atoms with Gasteiger partial charge in [-0.25, -0.2) is 4.79 Å². The third-order valence-electron chi connectivity index (χ3n) is 2.74. The number of phenols is 1. The highest BCUT2D eigenvalue weighted by atomic mass is 32.1. The Hall–Kier alpha value is -2.33. The Labute approximate surface area is 114 Å². The van der Waals surface area contributed by atoms with E-state index in [-0.39, 0.29) is 5.75 Å². The van der Waals surface area contributed by atoms with Crippen molar-refractivity contribution in [3.63, 3.8) is 0 Å². The first-order valence-corrected chi connectivity index (χ1v) is 6.59. The van der Waals surface area contributed by atoms with Crippen molar-refractivity contribution in [1.82, 2.24) is 0 Å². The highest BCUT2D eigenvalue weighted by Crippen LogP contribution is 2.31. The van der Waals surface area contributed by atoms with Crippen LogP contribution in [0.4, 0.5) is 0 Å². The van der Waals surface area contributed by atoms with Crippen LogP contribution >= 0.6 is 11.3 Å². The van der Waals surface area contributed by atoms with Gasteiger partial charge in [0.05, 0.1) is 10.5 Å². The van der Waals surface area contributed by atoms with Crippen LogP contribution in [0, 0.1) is 0 Å². The molecule has 0 bridgehead atoms. The maximum absolute atomic E-state index is 11.8. The van der Waals surface area contributed by atoms with Gasteiger partial charge in [0.2, 0.25) is 0 Å². The minimum atomic E-state index is -0.397. The van der Waals surface area contributed by atoms with Crippen molar-refractivity contribution in [3.05, 3.63) is 63.9 Å². The molecule has 1 aliphatic rings. The summed E-state index contributed by atoms with van der Waals surface area (Å²) in [5.41, 5.74) is 1.03. The van der Waals surface area contributed by atoms with Gasteiger partial charge in [0, 0.05) is 5.56 Å². The number of thiophene rings is 1. The van der Waals surface area contributed by atoms with E-state index in [4.69, 9.17) is 4.74 Å². The van der Waals surface area contributed by atoms with Gasteiger partial charge in [0.1, 0.15) is 11.5 Å². The number of aromatic hydroxyl groups is 1. The monoisotopic (exact) mass is 270 g/mol. The summed E-state index contributed by atoms with van der Waals surface area (Å²) in [6.45, 7) is 0. The van der Waals surface area contributed by atoms with Crippen molar-refractivity contribution in [2.45, 2.75) is 0 Å². The summed E-state index contributed by atoms with van der Waals surface area (Å²) in [5, 5.41) is 11.6. The molecule has 0 saturated carbocycles. The minimum absolute atomic E-state index is 0.140. The first-order valence-electron chi connectivity index (χ1n) is 5.71. The van der Waals surface area contributed by atoms with E-state index in [2.05, 4.69) is 0 Å². The number of esters is 1. The Kier molecular flexibility index (Phi) is 2.93. The Morgan fingerprint density at radius 1 is 1.16 bits per heavy atom. The van der Waals surface area contributed by atoms with E-state index in [1.54, 1.807) is 36.4 Å². The van der Waals surface area contributed by atoms with Crippen molar-refractivity contribution < 1.29 is 14.6 Å². The van der Waals surface area contributed by atoms with Crippen LogP contribution in [0.2, 0.25) is 0 Å². The van der Waals surface area contributed by atoms with Crippen molar-refractivity contribution in [2.24, 2.45) is 0 Å². The van der Waals surface area contributed by atoms with E-state index >= 15 is 0 Å². The Morgan fingerprint density at radius 3 is 2.74 bits per heavy atom. The van der Waals surface area contributed by atoms with E-state index in [0.29, 0.717) is 16.9 Å². The lowest BCUT2D eigenvalue weighted by atomic mass is 10.1. The number of phenolic OH excluding ortho intramolecular Hbond substituents is 1. The second kappa shape index (κ2) is 4.74. The molecule has 3 nitrogen and oxygen atoms in total. The molecule has 1 N–H and O–H groups in total. The summed E-state index contributed by atoms with van der Waals surface area (Å²) in [7, 11) is 0. The number of para-hydroxylation sites is 1. The van der Waals surface area contributed by atoms with Gasteiger partial charge in [-0.05, 0) is 29.7 Å². The molecule has 0 spiro atoms. The molecule has 0 atom stereocenters. The summed E-state index contributed by atoms with van der Waals surface area (Å²) >= 11 is 1.51. The van der Waals surface area contributed by atoms with Crippen LogP contribution in [0.3, 0.4) is 0 Å². The zero-order valence-electron chi connectivity index (χ0n) is 9.87. The molecule has 94 valence electrons. The molecule has 1 aromatic carbocycles. The Balaban J connectivity index is 1.98. The molecule has 19 heavy (non-hydrogen) atoms. The zero-order chi connectivity index (χ0) is 13.2. The smallest absolute Gasteiger partial charge is 0.343 e. The van der Waals surface area contributed by atoms with E-state index in [1.807, 2.05) is 17.5 Å². The third-order valence-corrected chi connectivity index (χ3v) is 3.62. The van der Waals surface area contributed by atoms with Crippen LogP contribution in [0.25, 0.3) is 11.8 Å². The maximum Gasteiger partial charge on any atom is 0.343 e. The second-order valence-corrected chi connectivity index (χ2v) is 4.98. The van der Waals surface area contributed by atoms with Crippen molar-refractivity contribution >= 4 is 29.1 Å². The highest BCUT2D eigenvalue weighted by molar-refractivity contribution is 7.11. The SMILES string of the molecule is O=C1OC(c2cccs2)=C/C1=C\c1ccccc1O. The first kappa shape index (κ1) is 11.7. The van der Waals surface area contributed by atoms with Gasteiger partial charge in [-0.15, -0.1) is 11.3 Å². The quantitative estimate of drug-likeness (QED) is 0.671. The number of hydrogen-bond acceptors (Lipinski definition) is 4. The highest BCUT2D eigenvalue weighted by Gasteiger charge is 2.22. The summed E-state index contributed by atoms with van der Waals surface area (Å²) < 4.78 is 5.21.